The highest BCUT2D eigenvalue weighted by atomic mass is 32.1. The van der Waals surface area contributed by atoms with Gasteiger partial charge in [0, 0.05) is 12.0 Å². The van der Waals surface area contributed by atoms with Gasteiger partial charge < -0.3 is 18.6 Å². The molecule has 4 heterocycles. The lowest BCUT2D eigenvalue weighted by Crippen LogP contribution is -2.40. The van der Waals surface area contributed by atoms with Crippen LogP contribution in [0.2, 0.25) is 0 Å². The zero-order valence-electron chi connectivity index (χ0n) is 20.4. The molecule has 0 N–H and O–H groups in total. The van der Waals surface area contributed by atoms with Crippen molar-refractivity contribution in [1.29, 1.82) is 0 Å². The maximum absolute atomic E-state index is 13.6. The predicted molar refractivity (Wildman–Crippen MR) is 141 cm³/mol. The van der Waals surface area contributed by atoms with Gasteiger partial charge in [0.1, 0.15) is 12.4 Å². The monoisotopic (exact) mass is 550 g/mol. The van der Waals surface area contributed by atoms with Crippen molar-refractivity contribution in [3.05, 3.63) is 107 Å². The number of hydrogen-bond acceptors (Lipinski definition) is 10. The summed E-state index contributed by atoms with van der Waals surface area (Å²) < 4.78 is 22.9. The molecule has 4 aromatic rings. The molecular formula is C27H22N2O7S2. The fraction of sp³-hybridized carbons (Fsp3) is 0.185. The van der Waals surface area contributed by atoms with Crippen molar-refractivity contribution >= 4 is 40.7 Å². The van der Waals surface area contributed by atoms with E-state index in [0.717, 1.165) is 4.88 Å². The minimum Gasteiger partial charge on any atom is -0.460 e. The molecule has 1 atom stereocenters. The van der Waals surface area contributed by atoms with E-state index in [1.807, 2.05) is 23.6 Å². The molecule has 194 valence electrons. The molecule has 0 aliphatic carbocycles. The van der Waals surface area contributed by atoms with Crippen LogP contribution in [-0.2, 0) is 14.3 Å². The molecule has 1 aliphatic rings. The highest BCUT2D eigenvalue weighted by molar-refractivity contribution is 7.11. The number of hydrogen-bond donors (Lipinski definition) is 0. The Morgan fingerprint density at radius 1 is 1.11 bits per heavy atom. The van der Waals surface area contributed by atoms with Crippen molar-refractivity contribution in [3.8, 4) is 5.75 Å². The molecule has 0 radical (unpaired) electrons. The van der Waals surface area contributed by atoms with E-state index in [0.29, 0.717) is 20.6 Å². The first-order valence-corrected chi connectivity index (χ1v) is 13.2. The summed E-state index contributed by atoms with van der Waals surface area (Å²) in [6.45, 7) is 2.01. The predicted octanol–water partition coefficient (Wildman–Crippen LogP) is 3.30. The first kappa shape index (κ1) is 25.6. The lowest BCUT2D eigenvalue weighted by molar-refractivity contribution is -0.140. The van der Waals surface area contributed by atoms with Crippen molar-refractivity contribution in [2.24, 2.45) is 4.99 Å². The lowest BCUT2D eigenvalue weighted by atomic mass is 9.96. The summed E-state index contributed by atoms with van der Waals surface area (Å²) in [6, 6.07) is 12.7. The van der Waals surface area contributed by atoms with Gasteiger partial charge in [-0.05, 0) is 54.3 Å². The van der Waals surface area contributed by atoms with Crippen molar-refractivity contribution in [2.75, 3.05) is 20.3 Å². The molecule has 1 unspecified atom stereocenters. The highest BCUT2D eigenvalue weighted by Gasteiger charge is 2.33. The Balaban J connectivity index is 1.56. The number of thiophene rings is 1. The Morgan fingerprint density at radius 3 is 2.61 bits per heavy atom. The van der Waals surface area contributed by atoms with Crippen LogP contribution in [0.3, 0.4) is 0 Å². The number of allylic oxidation sites excluding steroid dienone is 1. The van der Waals surface area contributed by atoms with E-state index in [2.05, 4.69) is 4.99 Å². The van der Waals surface area contributed by atoms with Gasteiger partial charge in [0.2, 0.25) is 5.76 Å². The van der Waals surface area contributed by atoms with E-state index >= 15 is 0 Å². The van der Waals surface area contributed by atoms with Crippen LogP contribution in [0.1, 0.15) is 34.0 Å². The third-order valence-corrected chi connectivity index (χ3v) is 7.51. The molecule has 0 fully saturated rings. The van der Waals surface area contributed by atoms with Crippen molar-refractivity contribution in [3.63, 3.8) is 0 Å². The molecule has 0 saturated carbocycles. The van der Waals surface area contributed by atoms with Gasteiger partial charge in [0.05, 0.1) is 34.7 Å². The number of methoxy groups -OCH3 is 1. The summed E-state index contributed by atoms with van der Waals surface area (Å²) in [5, 5.41) is 1.93. The number of benzene rings is 1. The molecule has 0 amide bonds. The average molecular weight is 551 g/mol. The third kappa shape index (κ3) is 5.17. The molecule has 0 saturated heterocycles. The number of furan rings is 1. The lowest BCUT2D eigenvalue weighted by Gasteiger charge is -2.25. The molecule has 5 rings (SSSR count). The van der Waals surface area contributed by atoms with E-state index in [1.54, 1.807) is 37.3 Å². The van der Waals surface area contributed by atoms with Crippen LogP contribution in [0.4, 0.5) is 0 Å². The van der Waals surface area contributed by atoms with Crippen LogP contribution in [0.5, 0.6) is 5.75 Å². The standard InChI is InChI=1S/C27H22N2O7S2/c1-16-22(26(32)35-13-12-33-2)23(17-7-9-18(10-8-17)36-25(31)20-6-3-11-34-20)29-24(30)21(38-27(29)28-16)15-19-5-4-14-37-19/h3-11,14-15,23H,12-13H2,1-2H3/b21-15+. The number of rotatable bonds is 8. The van der Waals surface area contributed by atoms with Gasteiger partial charge in [0.15, 0.2) is 4.80 Å². The van der Waals surface area contributed by atoms with Gasteiger partial charge >= 0.3 is 11.9 Å². The van der Waals surface area contributed by atoms with Crippen LogP contribution in [0.25, 0.3) is 6.08 Å². The Bertz CT molecular complexity index is 1660. The van der Waals surface area contributed by atoms with Crippen LogP contribution >= 0.6 is 22.7 Å². The summed E-state index contributed by atoms with van der Waals surface area (Å²) in [5.41, 5.74) is 1.06. The fourth-order valence-electron chi connectivity index (χ4n) is 3.97. The average Bonchev–Trinajstić information content (AvgIpc) is 3.67. The first-order valence-electron chi connectivity index (χ1n) is 11.5. The number of thiazole rings is 1. The van der Waals surface area contributed by atoms with Crippen LogP contribution in [0.15, 0.2) is 85.6 Å². The van der Waals surface area contributed by atoms with Crippen LogP contribution in [0, 0.1) is 0 Å². The van der Waals surface area contributed by atoms with Gasteiger partial charge in [-0.3, -0.25) is 9.36 Å². The summed E-state index contributed by atoms with van der Waals surface area (Å²) >= 11 is 2.78. The van der Waals surface area contributed by atoms with E-state index in [-0.39, 0.29) is 35.9 Å². The second-order valence-corrected chi connectivity index (χ2v) is 10.2. The van der Waals surface area contributed by atoms with Gasteiger partial charge in [-0.1, -0.05) is 29.5 Å². The van der Waals surface area contributed by atoms with Gasteiger partial charge in [-0.15, -0.1) is 11.3 Å². The second kappa shape index (κ2) is 11.1. The topological polar surface area (TPSA) is 109 Å². The van der Waals surface area contributed by atoms with E-state index in [1.165, 1.54) is 46.7 Å². The minimum absolute atomic E-state index is 0.0588. The van der Waals surface area contributed by atoms with Crippen LogP contribution in [-0.4, -0.2) is 36.8 Å². The SMILES string of the molecule is COCCOC(=O)C1=C(C)N=c2s/c(=C/c3cccs3)c(=O)n2C1c1ccc(OC(=O)c2ccco2)cc1. The number of carbonyl (C=O) groups is 2. The summed E-state index contributed by atoms with van der Waals surface area (Å²) in [6.07, 6.45) is 3.20. The zero-order valence-corrected chi connectivity index (χ0v) is 22.0. The maximum Gasteiger partial charge on any atom is 0.379 e. The summed E-state index contributed by atoms with van der Waals surface area (Å²) in [5.74, 6) is -0.867. The Hall–Kier alpha value is -4.06. The molecule has 1 aliphatic heterocycles. The summed E-state index contributed by atoms with van der Waals surface area (Å²) in [7, 11) is 1.51. The van der Waals surface area contributed by atoms with Crippen LogP contribution < -0.4 is 19.6 Å². The number of aromatic nitrogens is 1. The molecule has 3 aromatic heterocycles. The van der Waals surface area contributed by atoms with Gasteiger partial charge in [-0.2, -0.15) is 0 Å². The molecular weight excluding hydrogens is 528 g/mol. The minimum atomic E-state index is -0.790. The molecule has 9 nitrogen and oxygen atoms in total. The molecule has 1 aromatic carbocycles. The Labute approximate surface area is 224 Å². The van der Waals surface area contributed by atoms with Crippen molar-refractivity contribution < 1.29 is 28.2 Å². The van der Waals surface area contributed by atoms with E-state index in [9.17, 15) is 14.4 Å². The normalized spacial score (nSPS) is 15.2. The third-order valence-electron chi connectivity index (χ3n) is 5.71. The zero-order chi connectivity index (χ0) is 26.6. The fourth-order valence-corrected chi connectivity index (χ4v) is 5.74. The first-order chi connectivity index (χ1) is 18.5. The molecule has 11 heteroatoms. The Kier molecular flexibility index (Phi) is 7.50. The highest BCUT2D eigenvalue weighted by Crippen LogP contribution is 2.31. The summed E-state index contributed by atoms with van der Waals surface area (Å²) in [4.78, 5) is 45.1. The number of nitrogens with zero attached hydrogens (tertiary/aromatic N) is 2. The second-order valence-electron chi connectivity index (χ2n) is 8.16. The number of esters is 2. The number of carbonyl (C=O) groups excluding carboxylic acids is 2. The van der Waals surface area contributed by atoms with Crippen molar-refractivity contribution in [1.82, 2.24) is 4.57 Å². The van der Waals surface area contributed by atoms with E-state index in [4.69, 9.17) is 18.6 Å². The maximum atomic E-state index is 13.6. The molecule has 0 spiro atoms. The molecule has 0 bridgehead atoms. The number of fused-ring (bicyclic) bond motifs is 1. The number of ether oxygens (including phenoxy) is 3. The van der Waals surface area contributed by atoms with Crippen molar-refractivity contribution in [2.45, 2.75) is 13.0 Å². The van der Waals surface area contributed by atoms with Gasteiger partial charge in [-0.25, -0.2) is 14.6 Å². The largest absolute Gasteiger partial charge is 0.460 e. The quantitative estimate of drug-likeness (QED) is 0.188. The molecule has 38 heavy (non-hydrogen) atoms. The van der Waals surface area contributed by atoms with E-state index < -0.39 is 18.0 Å². The Morgan fingerprint density at radius 2 is 1.92 bits per heavy atom. The van der Waals surface area contributed by atoms with Gasteiger partial charge in [0.25, 0.3) is 5.56 Å². The smallest absolute Gasteiger partial charge is 0.379 e.